The Morgan fingerprint density at radius 2 is 2.38 bits per heavy atom. The van der Waals surface area contributed by atoms with E-state index >= 15 is 0 Å². The van der Waals surface area contributed by atoms with Crippen LogP contribution in [0.25, 0.3) is 0 Å². The molecule has 1 aliphatic heterocycles. The van der Waals surface area contributed by atoms with E-state index in [1.807, 2.05) is 20.2 Å². The molecule has 0 aromatic carbocycles. The lowest BCUT2D eigenvalue weighted by atomic mass is 10.2. The number of aliphatic hydroxyl groups is 1. The smallest absolute Gasteiger partial charge is 0.234 e. The van der Waals surface area contributed by atoms with Crippen molar-refractivity contribution in [2.75, 3.05) is 40.3 Å². The Morgan fingerprint density at radius 1 is 1.57 bits per heavy atom. The molecule has 1 amide bonds. The molecule has 118 valence electrons. The minimum absolute atomic E-state index is 0.0458. The average molecular weight is 311 g/mol. The van der Waals surface area contributed by atoms with E-state index in [2.05, 4.69) is 26.6 Å². The number of amides is 1. The molecule has 21 heavy (non-hydrogen) atoms. The molecule has 6 heteroatoms. The number of rotatable bonds is 7. The summed E-state index contributed by atoms with van der Waals surface area (Å²) in [5.41, 5.74) is 0. The summed E-state index contributed by atoms with van der Waals surface area (Å²) in [6.07, 6.45) is 1.32. The second-order valence-corrected chi connectivity index (χ2v) is 6.95. The lowest BCUT2D eigenvalue weighted by Crippen LogP contribution is -2.43. The van der Waals surface area contributed by atoms with E-state index in [9.17, 15) is 9.90 Å². The van der Waals surface area contributed by atoms with Crippen molar-refractivity contribution in [2.24, 2.45) is 0 Å². The Hall–Kier alpha value is -0.950. The fraction of sp³-hybridized carbons (Fsp3) is 0.667. The van der Waals surface area contributed by atoms with E-state index < -0.39 is 0 Å². The number of likely N-dealkylation sites (N-methyl/N-ethyl adjacent to an activating group) is 1. The van der Waals surface area contributed by atoms with Crippen molar-refractivity contribution in [2.45, 2.75) is 25.0 Å². The zero-order valence-electron chi connectivity index (χ0n) is 12.8. The zero-order chi connectivity index (χ0) is 15.2. The maximum absolute atomic E-state index is 12.0. The molecule has 2 atom stereocenters. The van der Waals surface area contributed by atoms with Gasteiger partial charge in [0.2, 0.25) is 5.91 Å². The second-order valence-electron chi connectivity index (χ2n) is 5.91. The predicted octanol–water partition coefficient (Wildman–Crippen LogP) is 0.404. The fourth-order valence-corrected chi connectivity index (χ4v) is 3.49. The molecule has 1 aliphatic rings. The zero-order valence-corrected chi connectivity index (χ0v) is 13.6. The number of likely N-dealkylation sites (tertiary alicyclic amines) is 1. The van der Waals surface area contributed by atoms with E-state index in [0.29, 0.717) is 19.6 Å². The van der Waals surface area contributed by atoms with E-state index in [-0.39, 0.29) is 18.1 Å². The molecule has 0 bridgehead atoms. The Morgan fingerprint density at radius 3 is 3.05 bits per heavy atom. The van der Waals surface area contributed by atoms with Gasteiger partial charge in [0.15, 0.2) is 0 Å². The van der Waals surface area contributed by atoms with Crippen molar-refractivity contribution >= 4 is 17.2 Å². The summed E-state index contributed by atoms with van der Waals surface area (Å²) in [6, 6.07) is 4.37. The largest absolute Gasteiger partial charge is 0.392 e. The first-order chi connectivity index (χ1) is 10.0. The van der Waals surface area contributed by atoms with Gasteiger partial charge in [-0.3, -0.25) is 9.69 Å². The normalized spacial score (nSPS) is 22.9. The molecule has 2 heterocycles. The van der Waals surface area contributed by atoms with Gasteiger partial charge in [-0.2, -0.15) is 0 Å². The Labute approximate surface area is 130 Å². The number of hydrogen-bond acceptors (Lipinski definition) is 5. The Kier molecular flexibility index (Phi) is 6.17. The summed E-state index contributed by atoms with van der Waals surface area (Å²) in [7, 11) is 4.04. The van der Waals surface area contributed by atoms with Crippen molar-refractivity contribution in [3.05, 3.63) is 22.4 Å². The van der Waals surface area contributed by atoms with Gasteiger partial charge in [0.1, 0.15) is 0 Å². The average Bonchev–Trinajstić information content (AvgIpc) is 3.00. The standard InChI is InChI=1S/C15H25N3O2S/c1-17(2)9-12-8-13(19)10-18(12)11-15(20)16-6-5-14-4-3-7-21-14/h3-4,7,12-13,19H,5-6,8-11H2,1-2H3,(H,16,20). The van der Waals surface area contributed by atoms with Crippen LogP contribution in [-0.4, -0.2) is 73.2 Å². The molecular formula is C15H25N3O2S. The van der Waals surface area contributed by atoms with Gasteiger partial charge < -0.3 is 15.3 Å². The first kappa shape index (κ1) is 16.4. The van der Waals surface area contributed by atoms with Crippen LogP contribution in [0.4, 0.5) is 0 Å². The summed E-state index contributed by atoms with van der Waals surface area (Å²) in [5.74, 6) is 0.0458. The number of carbonyl (C=O) groups excluding carboxylic acids is 1. The quantitative estimate of drug-likeness (QED) is 0.765. The van der Waals surface area contributed by atoms with Gasteiger partial charge in [0.25, 0.3) is 0 Å². The van der Waals surface area contributed by atoms with Gasteiger partial charge in [-0.05, 0) is 38.4 Å². The van der Waals surface area contributed by atoms with E-state index in [1.54, 1.807) is 11.3 Å². The van der Waals surface area contributed by atoms with Crippen LogP contribution in [0, 0.1) is 0 Å². The Bertz CT molecular complexity index is 436. The first-order valence-electron chi connectivity index (χ1n) is 7.40. The molecule has 1 aromatic heterocycles. The SMILES string of the molecule is CN(C)CC1CC(O)CN1CC(=O)NCCc1cccs1. The van der Waals surface area contributed by atoms with E-state index in [4.69, 9.17) is 0 Å². The predicted molar refractivity (Wildman–Crippen MR) is 85.6 cm³/mol. The van der Waals surface area contributed by atoms with Gasteiger partial charge >= 0.3 is 0 Å². The van der Waals surface area contributed by atoms with Gasteiger partial charge in [-0.1, -0.05) is 6.07 Å². The molecule has 1 saturated heterocycles. The third-order valence-corrected chi connectivity index (χ3v) is 4.64. The fourth-order valence-electron chi connectivity index (χ4n) is 2.78. The summed E-state index contributed by atoms with van der Waals surface area (Å²) in [6.45, 7) is 2.52. The molecule has 5 nitrogen and oxygen atoms in total. The number of nitrogens with one attached hydrogen (secondary N) is 1. The van der Waals surface area contributed by atoms with Crippen molar-refractivity contribution in [3.63, 3.8) is 0 Å². The molecule has 0 aliphatic carbocycles. The molecule has 1 fully saturated rings. The van der Waals surface area contributed by atoms with Crippen molar-refractivity contribution in [3.8, 4) is 0 Å². The monoisotopic (exact) mass is 311 g/mol. The molecule has 2 N–H and O–H groups in total. The third-order valence-electron chi connectivity index (χ3n) is 3.70. The number of hydrogen-bond donors (Lipinski definition) is 2. The van der Waals surface area contributed by atoms with Gasteiger partial charge in [-0.25, -0.2) is 0 Å². The van der Waals surface area contributed by atoms with Crippen LogP contribution < -0.4 is 5.32 Å². The first-order valence-corrected chi connectivity index (χ1v) is 8.28. The van der Waals surface area contributed by atoms with Crippen LogP contribution in [-0.2, 0) is 11.2 Å². The minimum Gasteiger partial charge on any atom is -0.392 e. The molecule has 1 aromatic rings. The second kappa shape index (κ2) is 7.89. The highest BCUT2D eigenvalue weighted by atomic mass is 32.1. The molecule has 0 saturated carbocycles. The van der Waals surface area contributed by atoms with Crippen LogP contribution in [0.15, 0.2) is 17.5 Å². The van der Waals surface area contributed by atoms with Crippen LogP contribution in [0.1, 0.15) is 11.3 Å². The molecule has 2 unspecified atom stereocenters. The summed E-state index contributed by atoms with van der Waals surface area (Å²) < 4.78 is 0. The number of aliphatic hydroxyl groups excluding tert-OH is 1. The Balaban J connectivity index is 1.72. The van der Waals surface area contributed by atoms with Gasteiger partial charge in [0.05, 0.1) is 12.6 Å². The molecule has 0 spiro atoms. The van der Waals surface area contributed by atoms with Crippen LogP contribution >= 0.6 is 11.3 Å². The van der Waals surface area contributed by atoms with Crippen LogP contribution in [0.3, 0.4) is 0 Å². The van der Waals surface area contributed by atoms with Crippen molar-refractivity contribution in [1.29, 1.82) is 0 Å². The van der Waals surface area contributed by atoms with E-state index in [0.717, 1.165) is 19.4 Å². The lowest BCUT2D eigenvalue weighted by molar-refractivity contribution is -0.122. The molecule has 2 rings (SSSR count). The molecule has 0 radical (unpaired) electrons. The lowest BCUT2D eigenvalue weighted by Gasteiger charge is -2.26. The molecular weight excluding hydrogens is 286 g/mol. The van der Waals surface area contributed by atoms with Crippen molar-refractivity contribution in [1.82, 2.24) is 15.1 Å². The number of nitrogens with zero attached hydrogens (tertiary/aromatic N) is 2. The topological polar surface area (TPSA) is 55.8 Å². The maximum Gasteiger partial charge on any atom is 0.234 e. The third kappa shape index (κ3) is 5.39. The van der Waals surface area contributed by atoms with E-state index in [1.165, 1.54) is 4.88 Å². The summed E-state index contributed by atoms with van der Waals surface area (Å²) >= 11 is 1.71. The summed E-state index contributed by atoms with van der Waals surface area (Å²) in [5, 5.41) is 14.8. The highest BCUT2D eigenvalue weighted by molar-refractivity contribution is 7.09. The minimum atomic E-state index is -0.311. The number of thiophene rings is 1. The van der Waals surface area contributed by atoms with Crippen molar-refractivity contribution < 1.29 is 9.90 Å². The maximum atomic E-state index is 12.0. The number of β-amino-alcohol motifs (C(OH)–C–C–N with tert-alkyl or cyclic N) is 1. The van der Waals surface area contributed by atoms with Crippen LogP contribution in [0.5, 0.6) is 0 Å². The van der Waals surface area contributed by atoms with Gasteiger partial charge in [0, 0.05) is 30.6 Å². The van der Waals surface area contributed by atoms with Crippen LogP contribution in [0.2, 0.25) is 0 Å². The highest BCUT2D eigenvalue weighted by Gasteiger charge is 2.32. The number of carbonyl (C=O) groups is 1. The van der Waals surface area contributed by atoms with Gasteiger partial charge in [-0.15, -0.1) is 11.3 Å². The summed E-state index contributed by atoms with van der Waals surface area (Å²) in [4.78, 5) is 17.5. The highest BCUT2D eigenvalue weighted by Crippen LogP contribution is 2.17.